The third kappa shape index (κ3) is 3.74. The molecule has 0 fully saturated rings. The van der Waals surface area contributed by atoms with Crippen molar-refractivity contribution in [1.82, 2.24) is 9.78 Å². The van der Waals surface area contributed by atoms with E-state index < -0.39 is 11.7 Å². The third-order valence-corrected chi connectivity index (χ3v) is 4.16. The molecule has 6 heteroatoms. The second-order valence-corrected chi connectivity index (χ2v) is 6.01. The second kappa shape index (κ2) is 7.86. The number of hydrogen-bond acceptors (Lipinski definition) is 4. The number of hydrogen-bond donors (Lipinski definition) is 1. The van der Waals surface area contributed by atoms with E-state index in [1.165, 1.54) is 0 Å². The van der Waals surface area contributed by atoms with Gasteiger partial charge in [-0.15, -0.1) is 0 Å². The predicted molar refractivity (Wildman–Crippen MR) is 104 cm³/mol. The molecule has 27 heavy (non-hydrogen) atoms. The Morgan fingerprint density at radius 3 is 2.41 bits per heavy atom. The number of ether oxygens (including phenoxy) is 1. The Bertz CT molecular complexity index is 978. The minimum atomic E-state index is -0.721. The Morgan fingerprint density at radius 1 is 1.04 bits per heavy atom. The Labute approximate surface area is 157 Å². The molecule has 0 saturated heterocycles. The average Bonchev–Trinajstić information content (AvgIpc) is 2.98. The van der Waals surface area contributed by atoms with Crippen LogP contribution in [0.4, 0.5) is 5.69 Å². The molecule has 0 atom stereocenters. The Hall–Kier alpha value is -3.41. The zero-order valence-electron chi connectivity index (χ0n) is 15.5. The van der Waals surface area contributed by atoms with Gasteiger partial charge >= 0.3 is 0 Å². The van der Waals surface area contributed by atoms with Crippen molar-refractivity contribution in [2.75, 3.05) is 11.9 Å². The monoisotopic (exact) mass is 363 g/mol. The van der Waals surface area contributed by atoms with Gasteiger partial charge in [-0.1, -0.05) is 30.3 Å². The number of ketones is 1. The van der Waals surface area contributed by atoms with Crippen molar-refractivity contribution >= 4 is 17.4 Å². The van der Waals surface area contributed by atoms with Crippen LogP contribution >= 0.6 is 0 Å². The summed E-state index contributed by atoms with van der Waals surface area (Å²) in [7, 11) is 0. The molecule has 1 heterocycles. The molecule has 0 unspecified atom stereocenters. The van der Waals surface area contributed by atoms with Crippen LogP contribution in [0.2, 0.25) is 0 Å². The summed E-state index contributed by atoms with van der Waals surface area (Å²) in [5.74, 6) is -0.825. The Kier molecular flexibility index (Phi) is 5.35. The van der Waals surface area contributed by atoms with Gasteiger partial charge in [0.25, 0.3) is 11.7 Å². The van der Waals surface area contributed by atoms with Crippen LogP contribution in [0, 0.1) is 13.8 Å². The molecule has 0 saturated carbocycles. The van der Waals surface area contributed by atoms with Crippen molar-refractivity contribution in [3.63, 3.8) is 0 Å². The number of nitrogens with zero attached hydrogens (tertiary/aromatic N) is 2. The molecule has 0 aliphatic carbocycles. The van der Waals surface area contributed by atoms with Crippen LogP contribution in [0.3, 0.4) is 0 Å². The first-order valence-corrected chi connectivity index (χ1v) is 8.72. The van der Waals surface area contributed by atoms with Crippen LogP contribution in [0.1, 0.15) is 28.7 Å². The first-order valence-electron chi connectivity index (χ1n) is 8.72. The van der Waals surface area contributed by atoms with Crippen molar-refractivity contribution in [2.45, 2.75) is 20.8 Å². The van der Waals surface area contributed by atoms with Gasteiger partial charge in [-0.25, -0.2) is 4.68 Å². The van der Waals surface area contributed by atoms with Crippen LogP contribution in [-0.4, -0.2) is 28.1 Å². The standard InChI is InChI=1S/C21H21N3O3/c1-4-27-18-13-9-8-12-17(18)22-21(26)20(25)19-14(2)23-24(15(19)3)16-10-6-5-7-11-16/h5-13H,4H2,1-3H3,(H,22,26). The van der Waals surface area contributed by atoms with Gasteiger partial charge in [-0.3, -0.25) is 9.59 Å². The zero-order chi connectivity index (χ0) is 19.4. The number of carbonyl (C=O) groups is 2. The first-order chi connectivity index (χ1) is 13.0. The van der Waals surface area contributed by atoms with Gasteiger partial charge in [0.1, 0.15) is 5.75 Å². The van der Waals surface area contributed by atoms with Crippen molar-refractivity contribution in [2.24, 2.45) is 0 Å². The molecule has 2 aromatic carbocycles. The van der Waals surface area contributed by atoms with Gasteiger partial charge in [0.15, 0.2) is 0 Å². The minimum absolute atomic E-state index is 0.310. The number of rotatable bonds is 6. The highest BCUT2D eigenvalue weighted by atomic mass is 16.5. The maximum Gasteiger partial charge on any atom is 0.297 e. The maximum atomic E-state index is 12.8. The zero-order valence-corrected chi connectivity index (χ0v) is 15.5. The number of nitrogens with one attached hydrogen (secondary N) is 1. The van der Waals surface area contributed by atoms with Crippen molar-refractivity contribution < 1.29 is 14.3 Å². The molecule has 0 spiro atoms. The number of amides is 1. The van der Waals surface area contributed by atoms with E-state index >= 15 is 0 Å². The molecule has 0 bridgehead atoms. The van der Waals surface area contributed by atoms with Crippen LogP contribution in [0.25, 0.3) is 5.69 Å². The van der Waals surface area contributed by atoms with Gasteiger partial charge < -0.3 is 10.1 Å². The summed E-state index contributed by atoms with van der Waals surface area (Å²) < 4.78 is 7.16. The molecule has 0 aliphatic rings. The lowest BCUT2D eigenvalue weighted by Gasteiger charge is -2.11. The molecule has 1 aromatic heterocycles. The highest BCUT2D eigenvalue weighted by molar-refractivity contribution is 6.47. The molecule has 0 aliphatic heterocycles. The summed E-state index contributed by atoms with van der Waals surface area (Å²) in [6, 6.07) is 16.5. The van der Waals surface area contributed by atoms with Crippen LogP contribution in [0.15, 0.2) is 54.6 Å². The normalized spacial score (nSPS) is 10.5. The highest BCUT2D eigenvalue weighted by Crippen LogP contribution is 2.24. The smallest absolute Gasteiger partial charge is 0.297 e. The fourth-order valence-corrected chi connectivity index (χ4v) is 2.94. The molecule has 1 amide bonds. The predicted octanol–water partition coefficient (Wildman–Crippen LogP) is 3.71. The van der Waals surface area contributed by atoms with Crippen LogP contribution in [-0.2, 0) is 4.79 Å². The summed E-state index contributed by atoms with van der Waals surface area (Å²) in [5, 5.41) is 7.08. The lowest BCUT2D eigenvalue weighted by atomic mass is 10.1. The largest absolute Gasteiger partial charge is 0.492 e. The second-order valence-electron chi connectivity index (χ2n) is 6.01. The SMILES string of the molecule is CCOc1ccccc1NC(=O)C(=O)c1c(C)nn(-c2ccccc2)c1C. The summed E-state index contributed by atoms with van der Waals surface area (Å²) in [5.41, 5.74) is 2.74. The van der Waals surface area contributed by atoms with Crippen LogP contribution < -0.4 is 10.1 Å². The number of aromatic nitrogens is 2. The molecule has 138 valence electrons. The van der Waals surface area contributed by atoms with Crippen molar-refractivity contribution in [1.29, 1.82) is 0 Å². The van der Waals surface area contributed by atoms with Crippen molar-refractivity contribution in [3.8, 4) is 11.4 Å². The number of Topliss-reactive ketones (excluding diaryl/α,β-unsaturated/α-hetero) is 1. The van der Waals surface area contributed by atoms with E-state index in [-0.39, 0.29) is 0 Å². The van der Waals surface area contributed by atoms with Gasteiger partial charge in [0.05, 0.1) is 34.9 Å². The van der Waals surface area contributed by atoms with Gasteiger partial charge in [-0.05, 0) is 45.0 Å². The topological polar surface area (TPSA) is 73.2 Å². The lowest BCUT2D eigenvalue weighted by Crippen LogP contribution is -2.24. The van der Waals surface area contributed by atoms with E-state index in [4.69, 9.17) is 4.74 Å². The molecular weight excluding hydrogens is 342 g/mol. The number of para-hydroxylation sites is 3. The van der Waals surface area contributed by atoms with Gasteiger partial charge in [-0.2, -0.15) is 5.10 Å². The average molecular weight is 363 g/mol. The van der Waals surface area contributed by atoms with E-state index in [9.17, 15) is 9.59 Å². The highest BCUT2D eigenvalue weighted by Gasteiger charge is 2.25. The van der Waals surface area contributed by atoms with E-state index in [2.05, 4.69) is 10.4 Å². The minimum Gasteiger partial charge on any atom is -0.492 e. The molecule has 6 nitrogen and oxygen atoms in total. The summed E-state index contributed by atoms with van der Waals surface area (Å²) >= 11 is 0. The molecule has 0 radical (unpaired) electrons. The fraction of sp³-hybridized carbons (Fsp3) is 0.190. The number of benzene rings is 2. The summed E-state index contributed by atoms with van der Waals surface area (Å²) in [4.78, 5) is 25.4. The molecule has 3 aromatic rings. The van der Waals surface area contributed by atoms with E-state index in [0.717, 1.165) is 5.69 Å². The number of carbonyl (C=O) groups excluding carboxylic acids is 2. The Balaban J connectivity index is 1.88. The summed E-state index contributed by atoms with van der Waals surface area (Å²) in [6.07, 6.45) is 0. The first kappa shape index (κ1) is 18.4. The molecule has 3 rings (SSSR count). The van der Waals surface area contributed by atoms with Crippen LogP contribution in [0.5, 0.6) is 5.75 Å². The van der Waals surface area contributed by atoms with Gasteiger partial charge in [0, 0.05) is 0 Å². The molecule has 1 N–H and O–H groups in total. The van der Waals surface area contributed by atoms with E-state index in [0.29, 0.717) is 35.0 Å². The van der Waals surface area contributed by atoms with E-state index in [1.807, 2.05) is 37.3 Å². The molecular formula is C21H21N3O3. The Morgan fingerprint density at radius 2 is 1.70 bits per heavy atom. The maximum absolute atomic E-state index is 12.8. The number of aryl methyl sites for hydroxylation is 1. The third-order valence-electron chi connectivity index (χ3n) is 4.16. The van der Waals surface area contributed by atoms with E-state index in [1.54, 1.807) is 42.8 Å². The van der Waals surface area contributed by atoms with Crippen molar-refractivity contribution in [3.05, 3.63) is 71.5 Å². The fourth-order valence-electron chi connectivity index (χ4n) is 2.94. The van der Waals surface area contributed by atoms with Gasteiger partial charge in [0.2, 0.25) is 0 Å². The quantitative estimate of drug-likeness (QED) is 0.535. The number of anilines is 1. The summed E-state index contributed by atoms with van der Waals surface area (Å²) in [6.45, 7) is 5.82. The lowest BCUT2D eigenvalue weighted by molar-refractivity contribution is -0.112.